The molecule has 2 heterocycles. The first-order chi connectivity index (χ1) is 8.69. The van der Waals surface area contributed by atoms with Crippen molar-refractivity contribution in [2.45, 2.75) is 26.3 Å². The lowest BCUT2D eigenvalue weighted by atomic mass is 10.3. The highest BCUT2D eigenvalue weighted by molar-refractivity contribution is 5.39. The van der Waals surface area contributed by atoms with Crippen molar-refractivity contribution in [3.8, 4) is 0 Å². The van der Waals surface area contributed by atoms with Crippen molar-refractivity contribution in [2.24, 2.45) is 0 Å². The zero-order valence-electron chi connectivity index (χ0n) is 11.4. The first-order valence-electron chi connectivity index (χ1n) is 6.58. The van der Waals surface area contributed by atoms with Crippen LogP contribution in [0.3, 0.4) is 0 Å². The maximum absolute atomic E-state index is 4.53. The zero-order chi connectivity index (χ0) is 13.0. The summed E-state index contributed by atoms with van der Waals surface area (Å²) in [4.78, 5) is 9.03. The second kappa shape index (κ2) is 5.95. The molecule has 0 radical (unpaired) electrons. The molecule has 6 heteroatoms. The van der Waals surface area contributed by atoms with Gasteiger partial charge in [0.1, 0.15) is 0 Å². The molecule has 1 fully saturated rings. The topological polar surface area (TPSA) is 57.2 Å². The van der Waals surface area contributed by atoms with Crippen LogP contribution in [-0.2, 0) is 0 Å². The molecule has 1 aromatic rings. The summed E-state index contributed by atoms with van der Waals surface area (Å²) in [6, 6.07) is 0.405. The lowest BCUT2D eigenvalue weighted by molar-refractivity contribution is 0.311. The number of likely N-dealkylation sites (N-methyl/N-ethyl adjacent to an activating group) is 1. The fraction of sp³-hybridized carbons (Fsp3) is 0.750. The molecule has 18 heavy (non-hydrogen) atoms. The first-order valence-corrected chi connectivity index (χ1v) is 6.58. The first kappa shape index (κ1) is 13.0. The summed E-state index contributed by atoms with van der Waals surface area (Å²) in [7, 11) is 2.14. The van der Waals surface area contributed by atoms with Gasteiger partial charge in [-0.25, -0.2) is 0 Å². The summed E-state index contributed by atoms with van der Waals surface area (Å²) in [5.74, 6) is 1.55. The Hall–Kier alpha value is -1.43. The Kier molecular flexibility index (Phi) is 4.30. The highest BCUT2D eigenvalue weighted by atomic mass is 15.4. The minimum atomic E-state index is 0.405. The number of nitrogens with one attached hydrogen (secondary N) is 1. The number of rotatable bonds is 4. The number of nitrogens with zero attached hydrogens (tertiary/aromatic N) is 5. The van der Waals surface area contributed by atoms with E-state index in [1.54, 1.807) is 6.20 Å². The fourth-order valence-corrected chi connectivity index (χ4v) is 1.86. The molecular formula is C12H22N6. The summed E-state index contributed by atoms with van der Waals surface area (Å²) in [5.41, 5.74) is 0. The predicted octanol–water partition coefficient (Wildman–Crippen LogP) is 0.834. The molecule has 0 bridgehead atoms. The average molecular weight is 250 g/mol. The Morgan fingerprint density at radius 2 is 2.06 bits per heavy atom. The van der Waals surface area contributed by atoms with Gasteiger partial charge >= 0.3 is 0 Å². The molecule has 1 atom stereocenters. The second-order valence-electron chi connectivity index (χ2n) is 4.89. The third-order valence-electron chi connectivity index (χ3n) is 3.34. The summed E-state index contributed by atoms with van der Waals surface area (Å²) >= 11 is 0. The zero-order valence-corrected chi connectivity index (χ0v) is 11.4. The predicted molar refractivity (Wildman–Crippen MR) is 72.9 cm³/mol. The maximum Gasteiger partial charge on any atom is 0.247 e. The van der Waals surface area contributed by atoms with Crippen molar-refractivity contribution in [2.75, 3.05) is 43.4 Å². The molecule has 0 spiro atoms. The molecule has 100 valence electrons. The molecule has 0 aliphatic carbocycles. The summed E-state index contributed by atoms with van der Waals surface area (Å²) in [6.45, 7) is 8.31. The van der Waals surface area contributed by atoms with E-state index in [2.05, 4.69) is 51.2 Å². The Bertz CT molecular complexity index is 375. The maximum atomic E-state index is 4.53. The van der Waals surface area contributed by atoms with Crippen LogP contribution in [0, 0.1) is 0 Å². The normalized spacial score (nSPS) is 18.7. The summed E-state index contributed by atoms with van der Waals surface area (Å²) < 4.78 is 0. The number of aromatic nitrogens is 3. The third-order valence-corrected chi connectivity index (χ3v) is 3.34. The van der Waals surface area contributed by atoms with E-state index in [1.807, 2.05) is 0 Å². The molecule has 1 unspecified atom stereocenters. The quantitative estimate of drug-likeness (QED) is 0.854. The van der Waals surface area contributed by atoms with Crippen LogP contribution in [0.5, 0.6) is 0 Å². The smallest absolute Gasteiger partial charge is 0.247 e. The average Bonchev–Trinajstić information content (AvgIpc) is 2.40. The van der Waals surface area contributed by atoms with E-state index in [9.17, 15) is 0 Å². The van der Waals surface area contributed by atoms with Gasteiger partial charge in [0.05, 0.1) is 6.20 Å². The molecule has 1 aliphatic rings. The molecular weight excluding hydrogens is 228 g/mol. The van der Waals surface area contributed by atoms with Crippen molar-refractivity contribution >= 4 is 11.8 Å². The monoisotopic (exact) mass is 250 g/mol. The summed E-state index contributed by atoms with van der Waals surface area (Å²) in [5, 5.41) is 11.5. The molecule has 1 aromatic heterocycles. The van der Waals surface area contributed by atoms with Crippen molar-refractivity contribution in [1.82, 2.24) is 20.1 Å². The molecule has 1 N–H and O–H groups in total. The van der Waals surface area contributed by atoms with E-state index in [-0.39, 0.29) is 0 Å². The van der Waals surface area contributed by atoms with Crippen LogP contribution in [0.15, 0.2) is 6.20 Å². The Morgan fingerprint density at radius 3 is 2.72 bits per heavy atom. The number of anilines is 2. The number of hydrogen-bond donors (Lipinski definition) is 1. The Balaban J connectivity index is 2.02. The Labute approximate surface area is 108 Å². The van der Waals surface area contributed by atoms with E-state index in [4.69, 9.17) is 0 Å². The van der Waals surface area contributed by atoms with Gasteiger partial charge in [0, 0.05) is 32.2 Å². The standard InChI is InChI=1S/C12H22N6/c1-4-10(2)14-11-9-13-16-12(15-11)18-7-5-17(3)6-8-18/h9-10H,4-8H2,1-3H3,(H,14,15,16). The van der Waals surface area contributed by atoms with Crippen LogP contribution in [0.25, 0.3) is 0 Å². The number of hydrogen-bond acceptors (Lipinski definition) is 6. The minimum Gasteiger partial charge on any atom is -0.366 e. The van der Waals surface area contributed by atoms with Gasteiger partial charge in [0.2, 0.25) is 5.95 Å². The fourth-order valence-electron chi connectivity index (χ4n) is 1.86. The van der Waals surface area contributed by atoms with Crippen LogP contribution in [0.4, 0.5) is 11.8 Å². The van der Waals surface area contributed by atoms with Crippen molar-refractivity contribution < 1.29 is 0 Å². The van der Waals surface area contributed by atoms with Crippen molar-refractivity contribution in [3.05, 3.63) is 6.20 Å². The largest absolute Gasteiger partial charge is 0.366 e. The van der Waals surface area contributed by atoms with E-state index in [0.29, 0.717) is 6.04 Å². The molecule has 0 aromatic carbocycles. The van der Waals surface area contributed by atoms with Crippen LogP contribution in [-0.4, -0.2) is 59.3 Å². The Morgan fingerprint density at radius 1 is 1.33 bits per heavy atom. The number of piperazine rings is 1. The third kappa shape index (κ3) is 3.29. The molecule has 2 rings (SSSR count). The van der Waals surface area contributed by atoms with Crippen molar-refractivity contribution in [1.29, 1.82) is 0 Å². The summed E-state index contributed by atoms with van der Waals surface area (Å²) in [6.07, 6.45) is 2.75. The van der Waals surface area contributed by atoms with E-state index >= 15 is 0 Å². The van der Waals surface area contributed by atoms with Gasteiger partial charge in [-0.1, -0.05) is 6.92 Å². The van der Waals surface area contributed by atoms with Gasteiger partial charge < -0.3 is 15.1 Å². The van der Waals surface area contributed by atoms with Gasteiger partial charge in [0.25, 0.3) is 0 Å². The lowest BCUT2D eigenvalue weighted by Gasteiger charge is -2.32. The van der Waals surface area contributed by atoms with Crippen LogP contribution < -0.4 is 10.2 Å². The van der Waals surface area contributed by atoms with E-state index in [0.717, 1.165) is 44.4 Å². The molecule has 1 saturated heterocycles. The molecule has 6 nitrogen and oxygen atoms in total. The minimum absolute atomic E-state index is 0.405. The highest BCUT2D eigenvalue weighted by Gasteiger charge is 2.17. The lowest BCUT2D eigenvalue weighted by Crippen LogP contribution is -2.45. The van der Waals surface area contributed by atoms with Crippen LogP contribution in [0.2, 0.25) is 0 Å². The van der Waals surface area contributed by atoms with Gasteiger partial charge in [-0.15, -0.1) is 5.10 Å². The highest BCUT2D eigenvalue weighted by Crippen LogP contribution is 2.12. The van der Waals surface area contributed by atoms with E-state index in [1.165, 1.54) is 0 Å². The van der Waals surface area contributed by atoms with Crippen LogP contribution >= 0.6 is 0 Å². The SMILES string of the molecule is CCC(C)Nc1cnnc(N2CCN(C)CC2)n1. The van der Waals surface area contributed by atoms with Crippen LogP contribution in [0.1, 0.15) is 20.3 Å². The van der Waals surface area contributed by atoms with E-state index < -0.39 is 0 Å². The molecule has 0 saturated carbocycles. The van der Waals surface area contributed by atoms with Gasteiger partial charge in [-0.3, -0.25) is 0 Å². The van der Waals surface area contributed by atoms with Gasteiger partial charge in [0.15, 0.2) is 5.82 Å². The van der Waals surface area contributed by atoms with Gasteiger partial charge in [-0.2, -0.15) is 10.1 Å². The molecule has 1 aliphatic heterocycles. The molecule has 0 amide bonds. The van der Waals surface area contributed by atoms with Gasteiger partial charge in [-0.05, 0) is 20.4 Å². The van der Waals surface area contributed by atoms with Crippen molar-refractivity contribution in [3.63, 3.8) is 0 Å². The second-order valence-corrected chi connectivity index (χ2v) is 4.89.